The fourth-order valence-electron chi connectivity index (χ4n) is 6.65. The predicted octanol–water partition coefficient (Wildman–Crippen LogP) is 13.9. The number of quaternary nitrogens is 1. The Morgan fingerprint density at radius 1 is 0.517 bits per heavy atom. The molecular formula is C48H93NO8P+. The second-order valence-electron chi connectivity index (χ2n) is 17.5. The molecule has 9 nitrogen and oxygen atoms in total. The van der Waals surface area contributed by atoms with Crippen LogP contribution in [0.5, 0.6) is 0 Å². The third-order valence-electron chi connectivity index (χ3n) is 10.5. The van der Waals surface area contributed by atoms with Gasteiger partial charge in [-0.1, -0.05) is 167 Å². The fraction of sp³-hybridized carbons (Fsp3) is 0.875. The van der Waals surface area contributed by atoms with E-state index in [9.17, 15) is 19.0 Å². The number of carbonyl (C=O) groups is 2. The van der Waals surface area contributed by atoms with E-state index >= 15 is 0 Å². The van der Waals surface area contributed by atoms with Gasteiger partial charge in [-0.25, -0.2) is 4.57 Å². The minimum Gasteiger partial charge on any atom is -0.462 e. The molecule has 0 aliphatic heterocycles. The van der Waals surface area contributed by atoms with Gasteiger partial charge in [-0.05, 0) is 64.2 Å². The van der Waals surface area contributed by atoms with E-state index in [0.29, 0.717) is 17.4 Å². The van der Waals surface area contributed by atoms with Gasteiger partial charge in [0.25, 0.3) is 0 Å². The van der Waals surface area contributed by atoms with E-state index in [1.165, 1.54) is 141 Å². The topological polar surface area (TPSA) is 108 Å². The lowest BCUT2D eigenvalue weighted by Gasteiger charge is -2.24. The van der Waals surface area contributed by atoms with E-state index in [0.717, 1.165) is 44.9 Å². The molecule has 0 aliphatic rings. The van der Waals surface area contributed by atoms with Gasteiger partial charge in [-0.3, -0.25) is 18.6 Å². The van der Waals surface area contributed by atoms with Crippen molar-refractivity contribution in [2.24, 2.45) is 0 Å². The zero-order valence-electron chi connectivity index (χ0n) is 38.5. The molecular weight excluding hydrogens is 750 g/mol. The Labute approximate surface area is 358 Å². The fourth-order valence-corrected chi connectivity index (χ4v) is 7.39. The minimum absolute atomic E-state index is 0.0301. The molecule has 58 heavy (non-hydrogen) atoms. The van der Waals surface area contributed by atoms with E-state index in [4.69, 9.17) is 18.5 Å². The van der Waals surface area contributed by atoms with Gasteiger partial charge in [0.2, 0.25) is 0 Å². The summed E-state index contributed by atoms with van der Waals surface area (Å²) in [6.07, 6.45) is 45.1. The summed E-state index contributed by atoms with van der Waals surface area (Å²) in [5, 5.41) is 0. The van der Waals surface area contributed by atoms with E-state index in [2.05, 4.69) is 38.2 Å². The average Bonchev–Trinajstić information content (AvgIpc) is 3.17. The second-order valence-corrected chi connectivity index (χ2v) is 18.9. The summed E-state index contributed by atoms with van der Waals surface area (Å²) in [6.45, 7) is 4.42. The molecule has 0 saturated heterocycles. The first-order valence-electron chi connectivity index (χ1n) is 24.1. The van der Waals surface area contributed by atoms with Gasteiger partial charge in [-0.15, -0.1) is 0 Å². The number of ether oxygens (including phenoxy) is 2. The van der Waals surface area contributed by atoms with Crippen LogP contribution in [0.25, 0.3) is 0 Å². The van der Waals surface area contributed by atoms with Crippen molar-refractivity contribution < 1.29 is 42.1 Å². The number of esters is 2. The maximum Gasteiger partial charge on any atom is 0.472 e. The van der Waals surface area contributed by atoms with E-state index < -0.39 is 26.5 Å². The second kappa shape index (κ2) is 40.9. The first-order chi connectivity index (χ1) is 28.0. The lowest BCUT2D eigenvalue weighted by atomic mass is 10.1. The van der Waals surface area contributed by atoms with Crippen LogP contribution in [0.1, 0.15) is 219 Å². The Morgan fingerprint density at radius 3 is 1.29 bits per heavy atom. The van der Waals surface area contributed by atoms with E-state index in [1.807, 2.05) is 21.1 Å². The van der Waals surface area contributed by atoms with Gasteiger partial charge >= 0.3 is 19.8 Å². The number of nitrogens with zero attached hydrogens (tertiary/aromatic N) is 1. The van der Waals surface area contributed by atoms with Crippen LogP contribution in [0.2, 0.25) is 0 Å². The molecule has 0 amide bonds. The minimum atomic E-state index is -4.38. The number of phosphoric acid groups is 1. The van der Waals surface area contributed by atoms with Gasteiger partial charge in [0.05, 0.1) is 27.7 Å². The number of likely N-dealkylation sites (N-methyl/N-ethyl adjacent to an activating group) is 1. The normalized spacial score (nSPS) is 13.7. The summed E-state index contributed by atoms with van der Waals surface area (Å²) in [4.78, 5) is 35.4. The average molecular weight is 843 g/mol. The van der Waals surface area contributed by atoms with Gasteiger partial charge < -0.3 is 18.9 Å². The van der Waals surface area contributed by atoms with Crippen LogP contribution in [0.4, 0.5) is 0 Å². The highest BCUT2D eigenvalue weighted by atomic mass is 31.2. The van der Waals surface area contributed by atoms with Crippen LogP contribution >= 0.6 is 7.82 Å². The molecule has 0 aromatic carbocycles. The van der Waals surface area contributed by atoms with Crippen LogP contribution in [0, 0.1) is 0 Å². The summed E-state index contributed by atoms with van der Waals surface area (Å²) in [6, 6.07) is 0. The van der Waals surface area contributed by atoms with E-state index in [1.54, 1.807) is 0 Å². The van der Waals surface area contributed by atoms with Crippen molar-refractivity contribution in [2.75, 3.05) is 47.5 Å². The maximum atomic E-state index is 12.7. The Hall–Kier alpha value is -1.51. The van der Waals surface area contributed by atoms with Gasteiger partial charge in [0.15, 0.2) is 6.10 Å². The van der Waals surface area contributed by atoms with Crippen LogP contribution in [0.15, 0.2) is 24.3 Å². The molecule has 0 bridgehead atoms. The first kappa shape index (κ1) is 56.5. The van der Waals surface area contributed by atoms with Crippen molar-refractivity contribution in [1.29, 1.82) is 0 Å². The van der Waals surface area contributed by atoms with Crippen LogP contribution < -0.4 is 0 Å². The van der Waals surface area contributed by atoms with Crippen molar-refractivity contribution in [3.05, 3.63) is 24.3 Å². The number of hydrogen-bond acceptors (Lipinski definition) is 7. The Morgan fingerprint density at radius 2 is 0.879 bits per heavy atom. The molecule has 2 atom stereocenters. The molecule has 10 heteroatoms. The van der Waals surface area contributed by atoms with Crippen molar-refractivity contribution in [3.63, 3.8) is 0 Å². The van der Waals surface area contributed by atoms with Crippen molar-refractivity contribution in [1.82, 2.24) is 0 Å². The number of phosphoric ester groups is 1. The number of allylic oxidation sites excluding steroid dienone is 4. The third kappa shape index (κ3) is 44.1. The molecule has 0 aromatic heterocycles. The van der Waals surface area contributed by atoms with Gasteiger partial charge in [0.1, 0.15) is 19.8 Å². The summed E-state index contributed by atoms with van der Waals surface area (Å²) in [5.74, 6) is -0.812. The first-order valence-corrected chi connectivity index (χ1v) is 25.6. The zero-order valence-corrected chi connectivity index (χ0v) is 39.4. The molecule has 0 rings (SSSR count). The highest BCUT2D eigenvalue weighted by Crippen LogP contribution is 2.43. The molecule has 1 unspecified atom stereocenters. The van der Waals surface area contributed by atoms with Crippen molar-refractivity contribution in [2.45, 2.75) is 225 Å². The molecule has 0 heterocycles. The summed E-state index contributed by atoms with van der Waals surface area (Å²) < 4.78 is 34.4. The van der Waals surface area contributed by atoms with Crippen LogP contribution in [-0.2, 0) is 32.7 Å². The highest BCUT2D eigenvalue weighted by Gasteiger charge is 2.27. The lowest BCUT2D eigenvalue weighted by Crippen LogP contribution is -2.37. The van der Waals surface area contributed by atoms with Crippen LogP contribution in [0.3, 0.4) is 0 Å². The molecule has 0 spiro atoms. The Kier molecular flexibility index (Phi) is 39.8. The number of rotatable bonds is 44. The SMILES string of the molecule is CCCCCCCC/C=C/CCCCCCCCCCCC(=O)OC[C@H](COP(=O)(O)OCC[N+](C)(C)C)OC(=O)CCCCC/C=C/CCCCCCCCCC. The number of hydrogen-bond donors (Lipinski definition) is 1. The Bertz CT molecular complexity index is 1040. The molecule has 342 valence electrons. The summed E-state index contributed by atoms with van der Waals surface area (Å²) in [7, 11) is 1.47. The van der Waals surface area contributed by atoms with Gasteiger partial charge in [0, 0.05) is 12.8 Å². The summed E-state index contributed by atoms with van der Waals surface area (Å²) >= 11 is 0. The van der Waals surface area contributed by atoms with Crippen LogP contribution in [-0.4, -0.2) is 74.9 Å². The Balaban J connectivity index is 4.29. The molecule has 0 aromatic rings. The molecule has 1 N–H and O–H groups in total. The van der Waals surface area contributed by atoms with Gasteiger partial charge in [-0.2, -0.15) is 0 Å². The molecule has 0 saturated carbocycles. The maximum absolute atomic E-state index is 12.7. The smallest absolute Gasteiger partial charge is 0.462 e. The summed E-state index contributed by atoms with van der Waals surface area (Å²) in [5.41, 5.74) is 0. The molecule has 0 fully saturated rings. The number of carbonyl (C=O) groups excluding carboxylic acids is 2. The third-order valence-corrected chi connectivity index (χ3v) is 11.4. The molecule has 0 radical (unpaired) electrons. The molecule has 0 aliphatic carbocycles. The monoisotopic (exact) mass is 843 g/mol. The quantitative estimate of drug-likeness (QED) is 0.0212. The van der Waals surface area contributed by atoms with Crippen molar-refractivity contribution in [3.8, 4) is 0 Å². The highest BCUT2D eigenvalue weighted by molar-refractivity contribution is 7.47. The largest absolute Gasteiger partial charge is 0.472 e. The van der Waals surface area contributed by atoms with Crippen molar-refractivity contribution >= 4 is 19.8 Å². The lowest BCUT2D eigenvalue weighted by molar-refractivity contribution is -0.870. The number of unbranched alkanes of at least 4 members (excludes halogenated alkanes) is 26. The predicted molar refractivity (Wildman–Crippen MR) is 243 cm³/mol. The van der Waals surface area contributed by atoms with E-state index in [-0.39, 0.29) is 32.0 Å². The zero-order chi connectivity index (χ0) is 42.8. The standard InChI is InChI=1S/C48H92NO8P/c1-6-8-10-12-14-16-18-20-22-23-24-25-27-28-30-32-34-36-38-40-47(50)54-44-46(45-56-58(52,53)55-43-42-49(3,4)5)57-48(51)41-39-37-35-33-31-29-26-21-19-17-15-13-11-9-7-2/h20,22,29,31,46H,6-19,21,23-28,30,32-45H2,1-5H3/p+1/b22-20+,31-29+/t46-/m1/s1.